The topological polar surface area (TPSA) is 184 Å². The summed E-state index contributed by atoms with van der Waals surface area (Å²) >= 11 is 0. The molecule has 3 aliphatic heterocycles. The Labute approximate surface area is 317 Å². The molecule has 5 bridgehead atoms. The Morgan fingerprint density at radius 2 is 1.61 bits per heavy atom. The fraction of sp³-hybridized carbons (Fsp3) is 0.537. The molecule has 0 aliphatic carbocycles. The van der Waals surface area contributed by atoms with Crippen LogP contribution in [-0.2, 0) is 23.8 Å². The number of aliphatic hydroxyl groups excluding tert-OH is 2. The number of Topliss-reactive ketones (excluding diaryl/α,β-unsaturated/α-hetero) is 1. The van der Waals surface area contributed by atoms with Crippen LogP contribution in [0.5, 0.6) is 17.2 Å². The number of ketones is 1. The van der Waals surface area contributed by atoms with Crippen LogP contribution in [0.2, 0.25) is 0 Å². The Kier molecular flexibility index (Phi) is 13.1. The van der Waals surface area contributed by atoms with Crippen molar-refractivity contribution in [3.63, 3.8) is 0 Å². The van der Waals surface area contributed by atoms with E-state index in [1.807, 2.05) is 18.7 Å². The van der Waals surface area contributed by atoms with E-state index in [4.69, 9.17) is 18.9 Å². The van der Waals surface area contributed by atoms with Crippen LogP contribution >= 0.6 is 0 Å². The first kappa shape index (κ1) is 42.2. The lowest BCUT2D eigenvalue weighted by atomic mass is 9.78. The molecular weight excluding hydrogens is 696 g/mol. The number of nitrogens with zero attached hydrogens (tertiary/aromatic N) is 1. The molecule has 5 rings (SSSR count). The van der Waals surface area contributed by atoms with Crippen molar-refractivity contribution in [2.75, 3.05) is 30.4 Å². The smallest absolute Gasteiger partial charge is 0.312 e. The van der Waals surface area contributed by atoms with Gasteiger partial charge in [-0.25, -0.2) is 0 Å². The zero-order valence-electron chi connectivity index (χ0n) is 33.1. The Morgan fingerprint density at radius 3 is 2.20 bits per heavy atom. The lowest BCUT2D eigenvalue weighted by molar-refractivity contribution is -0.160. The van der Waals surface area contributed by atoms with E-state index in [0.717, 1.165) is 0 Å². The maximum atomic E-state index is 14.4. The van der Waals surface area contributed by atoms with Crippen LogP contribution < -0.4 is 15.0 Å². The van der Waals surface area contributed by atoms with Crippen LogP contribution in [0.3, 0.4) is 0 Å². The Bertz CT molecular complexity index is 1850. The third-order valence-electron chi connectivity index (χ3n) is 10.9. The summed E-state index contributed by atoms with van der Waals surface area (Å²) < 4.78 is 23.7. The number of rotatable bonds is 5. The number of carbonyl (C=O) groups excluding carboxylic acids is 3. The summed E-state index contributed by atoms with van der Waals surface area (Å²) in [6.45, 7) is 17.7. The van der Waals surface area contributed by atoms with Gasteiger partial charge in [0.05, 0.1) is 41.2 Å². The van der Waals surface area contributed by atoms with Crippen LogP contribution in [0.15, 0.2) is 42.2 Å². The van der Waals surface area contributed by atoms with Gasteiger partial charge in [0.25, 0.3) is 11.7 Å². The Morgan fingerprint density at radius 1 is 0.963 bits per heavy atom. The molecule has 9 unspecified atom stereocenters. The second-order valence-electron chi connectivity index (χ2n) is 14.6. The normalized spacial score (nSPS) is 31.6. The molecule has 5 N–H and O–H groups in total. The number of benzene rings is 2. The van der Waals surface area contributed by atoms with Crippen molar-refractivity contribution in [2.24, 2.45) is 23.7 Å². The van der Waals surface area contributed by atoms with Gasteiger partial charge in [0, 0.05) is 79.9 Å². The number of phenolic OH excluding ortho intramolecular Hbond substituents is 2. The molecule has 296 valence electrons. The van der Waals surface area contributed by atoms with Crippen molar-refractivity contribution in [1.29, 1.82) is 0 Å². The molecule has 2 aromatic rings. The number of anilines is 2. The highest BCUT2D eigenvalue weighted by molar-refractivity contribution is 6.23. The number of ether oxygens (including phenoxy) is 4. The van der Waals surface area contributed by atoms with Crippen LogP contribution in [0.4, 0.5) is 11.4 Å². The molecule has 0 aromatic heterocycles. The maximum absolute atomic E-state index is 14.4. The van der Waals surface area contributed by atoms with Gasteiger partial charge >= 0.3 is 11.8 Å². The van der Waals surface area contributed by atoms with Gasteiger partial charge in [-0.15, -0.1) is 0 Å². The molecule has 0 saturated heterocycles. The van der Waals surface area contributed by atoms with Crippen molar-refractivity contribution in [2.45, 2.75) is 99.4 Å². The summed E-state index contributed by atoms with van der Waals surface area (Å²) in [4.78, 5) is 42.1. The highest BCUT2D eigenvalue weighted by Crippen LogP contribution is 2.54. The average molecular weight is 753 g/mol. The lowest BCUT2D eigenvalue weighted by Crippen LogP contribution is -2.46. The monoisotopic (exact) mass is 752 g/mol. The fourth-order valence-corrected chi connectivity index (χ4v) is 7.46. The number of hydrogen-bond donors (Lipinski definition) is 5. The van der Waals surface area contributed by atoms with Gasteiger partial charge in [0.1, 0.15) is 17.6 Å². The molecule has 13 nitrogen and oxygen atoms in total. The summed E-state index contributed by atoms with van der Waals surface area (Å²) in [6.07, 6.45) is 4.02. The van der Waals surface area contributed by atoms with Crippen molar-refractivity contribution < 1.29 is 53.8 Å². The maximum Gasteiger partial charge on any atom is 0.312 e. The van der Waals surface area contributed by atoms with Crippen molar-refractivity contribution in [3.05, 3.63) is 53.3 Å². The van der Waals surface area contributed by atoms with E-state index in [1.165, 1.54) is 27.2 Å². The number of amides is 1. The molecule has 9 atom stereocenters. The lowest BCUT2D eigenvalue weighted by Gasteiger charge is -2.38. The van der Waals surface area contributed by atoms with Crippen LogP contribution in [0, 0.1) is 30.6 Å². The van der Waals surface area contributed by atoms with Crippen molar-refractivity contribution >= 4 is 39.8 Å². The van der Waals surface area contributed by atoms with Gasteiger partial charge in [-0.2, -0.15) is 0 Å². The van der Waals surface area contributed by atoms with E-state index >= 15 is 0 Å². The van der Waals surface area contributed by atoms with Gasteiger partial charge in [0.15, 0.2) is 5.75 Å². The third-order valence-corrected chi connectivity index (χ3v) is 10.9. The van der Waals surface area contributed by atoms with E-state index in [0.29, 0.717) is 18.8 Å². The molecule has 54 heavy (non-hydrogen) atoms. The minimum absolute atomic E-state index is 0.0241. The fourth-order valence-electron chi connectivity index (χ4n) is 7.46. The van der Waals surface area contributed by atoms with Gasteiger partial charge in [-0.1, -0.05) is 45.9 Å². The highest BCUT2D eigenvalue weighted by Gasteiger charge is 2.49. The molecule has 13 heteroatoms. The summed E-state index contributed by atoms with van der Waals surface area (Å²) in [5.41, 5.74) is 1.06. The number of fused-ring (bicyclic) bond motifs is 14. The average Bonchev–Trinajstić information content (AvgIpc) is 3.40. The van der Waals surface area contributed by atoms with Gasteiger partial charge in [-0.3, -0.25) is 14.4 Å². The molecule has 3 aliphatic rings. The first-order valence-corrected chi connectivity index (χ1v) is 18.5. The number of allylic oxidation sites excluding steroid dienone is 2. The number of phenols is 2. The number of methoxy groups -OCH3 is 1. The predicted octanol–water partition coefficient (Wildman–Crippen LogP) is 5.89. The molecule has 0 fully saturated rings. The minimum atomic E-state index is -1.90. The van der Waals surface area contributed by atoms with Crippen LogP contribution in [0.25, 0.3) is 10.8 Å². The number of aliphatic hydroxyl groups is 2. The molecule has 3 heterocycles. The molecule has 0 spiro atoms. The highest BCUT2D eigenvalue weighted by atomic mass is 16.7. The second kappa shape index (κ2) is 16.8. The molecule has 2 aromatic carbocycles. The van der Waals surface area contributed by atoms with E-state index < -0.39 is 77.3 Å². The SMILES string of the molecule is CCN(CC)c1cc2c(O)c3c(O)c(C)c4c(c13)C(=O)C(C)(O/C=C\C(OC)C(C)C(OC(C)=O)C(C)C(O)C(C)C(O)C(C)/C=C\C=C(/C)C(=O)N2)O4. The summed E-state index contributed by atoms with van der Waals surface area (Å²) in [7, 11) is 1.47. The van der Waals surface area contributed by atoms with Gasteiger partial charge in [-0.05, 0) is 39.8 Å². The van der Waals surface area contributed by atoms with Crippen molar-refractivity contribution in [1.82, 2.24) is 0 Å². The van der Waals surface area contributed by atoms with E-state index in [1.54, 1.807) is 71.9 Å². The number of nitrogens with one attached hydrogen (secondary N) is 1. The number of carbonyl (C=O) groups is 3. The molecular formula is C41H56N2O11. The van der Waals surface area contributed by atoms with E-state index in [2.05, 4.69) is 5.32 Å². The molecule has 0 saturated carbocycles. The predicted molar refractivity (Wildman–Crippen MR) is 206 cm³/mol. The summed E-state index contributed by atoms with van der Waals surface area (Å²) in [6, 6.07) is 1.57. The second-order valence-corrected chi connectivity index (χ2v) is 14.6. The van der Waals surface area contributed by atoms with Crippen LogP contribution in [0.1, 0.15) is 78.2 Å². The minimum Gasteiger partial charge on any atom is -0.507 e. The largest absolute Gasteiger partial charge is 0.507 e. The zero-order chi connectivity index (χ0) is 40.4. The summed E-state index contributed by atoms with van der Waals surface area (Å²) in [5.74, 6) is -6.56. The Balaban J connectivity index is 1.95. The first-order valence-electron chi connectivity index (χ1n) is 18.5. The number of aromatic hydroxyl groups is 2. The standard InChI is InChI=1S/C41H56N2O11/c1-12-43(13-2)28-19-27-36(48)31-30(28)32-38(25(8)35(31)47)54-41(10,39(32)49)52-18-17-29(51-11)22(5)37(53-26(9)44)24(7)34(46)23(6)33(45)20(3)15-14-16-21(4)40(50)42-27/h14-20,22-24,29,33-34,37,45-48H,12-13H2,1-11H3,(H,42,50)/b15-14-,18-17-,21-16+. The van der Waals surface area contributed by atoms with Crippen LogP contribution in [-0.4, -0.2) is 88.5 Å². The van der Waals surface area contributed by atoms with Gasteiger partial charge in [0.2, 0.25) is 0 Å². The Hall–Kier alpha value is -4.59. The number of hydrogen-bond acceptors (Lipinski definition) is 12. The van der Waals surface area contributed by atoms with Crippen molar-refractivity contribution in [3.8, 4) is 17.2 Å². The summed E-state index contributed by atoms with van der Waals surface area (Å²) in [5, 5.41) is 49.0. The van der Waals surface area contributed by atoms with E-state index in [-0.39, 0.29) is 44.7 Å². The van der Waals surface area contributed by atoms with E-state index in [9.17, 15) is 34.8 Å². The quantitative estimate of drug-likeness (QED) is 0.180. The molecule has 0 radical (unpaired) electrons. The molecule has 1 amide bonds. The first-order chi connectivity index (χ1) is 25.3. The number of esters is 1. The van der Waals surface area contributed by atoms with Gasteiger partial charge < -0.3 is 49.6 Å². The zero-order valence-corrected chi connectivity index (χ0v) is 33.1. The third kappa shape index (κ3) is 7.94.